The van der Waals surface area contributed by atoms with Gasteiger partial charge in [-0.3, -0.25) is 14.9 Å². The van der Waals surface area contributed by atoms with Crippen LogP contribution in [-0.4, -0.2) is 38.1 Å². The van der Waals surface area contributed by atoms with Crippen LogP contribution >= 0.6 is 11.6 Å². The zero-order valence-corrected chi connectivity index (χ0v) is 22.3. The maximum atomic E-state index is 15.0. The Labute approximate surface area is 226 Å². The number of nitrogens with zero attached hydrogens (tertiary/aromatic N) is 2. The lowest BCUT2D eigenvalue weighted by atomic mass is 9.86. The predicted octanol–water partition coefficient (Wildman–Crippen LogP) is 3.95. The molecule has 3 aromatic rings. The number of aromatic nitrogens is 2. The summed E-state index contributed by atoms with van der Waals surface area (Å²) in [5, 5.41) is 13.1. The van der Waals surface area contributed by atoms with Gasteiger partial charge in [0.15, 0.2) is 5.60 Å². The number of benzene rings is 1. The zero-order chi connectivity index (χ0) is 28.4. The van der Waals surface area contributed by atoms with Gasteiger partial charge < -0.3 is 19.1 Å². The average Bonchev–Trinajstić information content (AvgIpc) is 3.23. The molecule has 0 spiro atoms. The highest BCUT2D eigenvalue weighted by molar-refractivity contribution is 6.64. The molecule has 2 aliphatic rings. The molecule has 204 valence electrons. The summed E-state index contributed by atoms with van der Waals surface area (Å²) in [4.78, 5) is 54.2. The van der Waals surface area contributed by atoms with Crippen LogP contribution in [-0.2, 0) is 37.8 Å². The first-order valence-electron chi connectivity index (χ1n) is 12.3. The molecule has 1 aromatic carbocycles. The molecule has 5 rings (SSSR count). The van der Waals surface area contributed by atoms with Crippen LogP contribution in [0.25, 0.3) is 22.3 Å². The topological polar surface area (TPSA) is 137 Å². The molecule has 0 saturated carbocycles. The first kappa shape index (κ1) is 26.8. The van der Waals surface area contributed by atoms with Gasteiger partial charge in [0.05, 0.1) is 40.1 Å². The van der Waals surface area contributed by atoms with Gasteiger partial charge in [-0.1, -0.05) is 6.92 Å². The largest absolute Gasteiger partial charge is 0.458 e. The monoisotopic (exact) mass is 557 g/mol. The number of cyclic esters (lactones) is 1. The van der Waals surface area contributed by atoms with Crippen LogP contribution < -0.4 is 10.9 Å². The van der Waals surface area contributed by atoms with E-state index in [9.17, 15) is 28.7 Å². The van der Waals surface area contributed by atoms with Gasteiger partial charge in [-0.15, -0.1) is 0 Å². The molecule has 0 aliphatic carbocycles. The number of rotatable bonds is 5. The van der Waals surface area contributed by atoms with E-state index in [1.807, 2.05) is 0 Å². The van der Waals surface area contributed by atoms with E-state index in [0.717, 1.165) is 6.07 Å². The van der Waals surface area contributed by atoms with Crippen molar-refractivity contribution in [2.24, 2.45) is 5.41 Å². The summed E-state index contributed by atoms with van der Waals surface area (Å²) in [6.45, 7) is 6.09. The molecule has 0 bridgehead atoms. The summed E-state index contributed by atoms with van der Waals surface area (Å²) >= 11 is 5.58. The highest BCUT2D eigenvalue weighted by atomic mass is 35.5. The number of anilines is 1. The molecule has 2 atom stereocenters. The minimum absolute atomic E-state index is 0.0155. The molecule has 2 N–H and O–H groups in total. The average molecular weight is 558 g/mol. The Bertz CT molecular complexity index is 1650. The number of amides is 1. The number of hydrogen-bond acceptors (Lipinski definition) is 8. The van der Waals surface area contributed by atoms with Crippen LogP contribution in [0.2, 0.25) is 0 Å². The number of fused-ring (bicyclic) bond motifs is 5. The lowest BCUT2D eigenvalue weighted by molar-refractivity contribution is -0.172. The maximum absolute atomic E-state index is 15.0. The molecule has 0 radical (unpaired) electrons. The fourth-order valence-corrected chi connectivity index (χ4v) is 4.86. The van der Waals surface area contributed by atoms with Gasteiger partial charge in [-0.05, 0) is 57.0 Å². The van der Waals surface area contributed by atoms with Crippen molar-refractivity contribution in [1.82, 2.24) is 9.55 Å². The summed E-state index contributed by atoms with van der Waals surface area (Å²) in [7, 11) is 0. The Morgan fingerprint density at radius 2 is 2.03 bits per heavy atom. The Morgan fingerprint density at radius 3 is 2.69 bits per heavy atom. The highest BCUT2D eigenvalue weighted by Gasteiger charge is 2.45. The van der Waals surface area contributed by atoms with Crippen molar-refractivity contribution >= 4 is 45.5 Å². The van der Waals surface area contributed by atoms with E-state index in [0.29, 0.717) is 22.3 Å². The van der Waals surface area contributed by atoms with E-state index in [-0.39, 0.29) is 41.9 Å². The fraction of sp³-hybridized carbons (Fsp3) is 0.370. The van der Waals surface area contributed by atoms with Crippen LogP contribution in [0, 0.1) is 11.2 Å². The van der Waals surface area contributed by atoms with Crippen LogP contribution in [0.4, 0.5) is 14.9 Å². The molecule has 1 unspecified atom stereocenters. The SMILES string of the molecule is CC[C@@]1(O)C(=O)OCc2c1cc1n(c2=O)Cc2cc3cc(NC(=O)OC(C)C(C)(C)C(=O)Cl)c(F)cc3nc2-1. The molecular formula is C27H25ClFN3O7. The molecule has 4 heterocycles. The number of esters is 1. The van der Waals surface area contributed by atoms with Crippen molar-refractivity contribution < 1.29 is 33.4 Å². The smallest absolute Gasteiger partial charge is 0.412 e. The van der Waals surface area contributed by atoms with Crippen molar-refractivity contribution in [1.29, 1.82) is 0 Å². The summed E-state index contributed by atoms with van der Waals surface area (Å²) in [6.07, 6.45) is -1.84. The van der Waals surface area contributed by atoms with Crippen molar-refractivity contribution in [2.75, 3.05) is 5.32 Å². The van der Waals surface area contributed by atoms with Crippen LogP contribution in [0.3, 0.4) is 0 Å². The number of carbonyl (C=O) groups excluding carboxylic acids is 3. The maximum Gasteiger partial charge on any atom is 0.412 e. The third kappa shape index (κ3) is 4.16. The number of pyridine rings is 2. The molecule has 0 fully saturated rings. The molecule has 39 heavy (non-hydrogen) atoms. The molecule has 1 amide bonds. The fourth-order valence-electron chi connectivity index (χ4n) is 4.71. The van der Waals surface area contributed by atoms with E-state index in [1.165, 1.54) is 31.4 Å². The van der Waals surface area contributed by atoms with E-state index < -0.39 is 45.8 Å². The summed E-state index contributed by atoms with van der Waals surface area (Å²) in [6, 6.07) is 5.83. The molecule has 2 aliphatic heterocycles. The number of aliphatic hydroxyl groups is 1. The highest BCUT2D eigenvalue weighted by Crippen LogP contribution is 2.39. The third-order valence-corrected chi connectivity index (χ3v) is 8.13. The Balaban J connectivity index is 1.50. The number of hydrogen-bond donors (Lipinski definition) is 2. The van der Waals surface area contributed by atoms with E-state index in [4.69, 9.17) is 21.1 Å². The van der Waals surface area contributed by atoms with Gasteiger partial charge in [0, 0.05) is 22.6 Å². The van der Waals surface area contributed by atoms with Crippen LogP contribution in [0.15, 0.2) is 29.1 Å². The zero-order valence-electron chi connectivity index (χ0n) is 21.6. The van der Waals surface area contributed by atoms with E-state index >= 15 is 0 Å². The number of halogens is 2. The number of ether oxygens (including phenoxy) is 2. The van der Waals surface area contributed by atoms with Crippen molar-refractivity contribution in [2.45, 2.75) is 59.0 Å². The predicted molar refractivity (Wildman–Crippen MR) is 139 cm³/mol. The van der Waals surface area contributed by atoms with Gasteiger partial charge in [0.1, 0.15) is 18.5 Å². The lowest BCUT2D eigenvalue weighted by Crippen LogP contribution is -2.44. The number of nitrogens with one attached hydrogen (secondary N) is 1. The normalized spacial score (nSPS) is 18.6. The molecule has 12 heteroatoms. The lowest BCUT2D eigenvalue weighted by Gasteiger charge is -2.31. The van der Waals surface area contributed by atoms with Gasteiger partial charge in [-0.2, -0.15) is 0 Å². The standard InChI is InChI=1S/C27H25ClFN3O7/c1-5-27(37)16-8-20-21-14(10-32(20)22(33)15(16)11-38-24(27)35)6-13-7-19(17(29)9-18(13)30-21)31-25(36)39-12(2)26(3,4)23(28)34/h6-9,12,37H,5,10-11H2,1-4H3,(H,31,36)/t12?,27-/m0/s1. The van der Waals surface area contributed by atoms with E-state index in [1.54, 1.807) is 19.1 Å². The molecule has 0 saturated heterocycles. The quantitative estimate of drug-likeness (QED) is 0.278. The van der Waals surface area contributed by atoms with Crippen LogP contribution in [0.1, 0.15) is 50.8 Å². The second kappa shape index (κ2) is 9.13. The third-order valence-electron chi connectivity index (χ3n) is 7.64. The van der Waals surface area contributed by atoms with Gasteiger partial charge >= 0.3 is 12.1 Å². The summed E-state index contributed by atoms with van der Waals surface area (Å²) in [5.74, 6) is -1.60. The molecule has 2 aromatic heterocycles. The second-order valence-electron chi connectivity index (χ2n) is 10.3. The number of carbonyl (C=O) groups is 3. The Morgan fingerprint density at radius 1 is 1.31 bits per heavy atom. The van der Waals surface area contributed by atoms with Crippen molar-refractivity contribution in [3.63, 3.8) is 0 Å². The van der Waals surface area contributed by atoms with E-state index in [2.05, 4.69) is 10.3 Å². The summed E-state index contributed by atoms with van der Waals surface area (Å²) < 4.78 is 26.8. The second-order valence-corrected chi connectivity index (χ2v) is 10.6. The molecule has 10 nitrogen and oxygen atoms in total. The summed E-state index contributed by atoms with van der Waals surface area (Å²) in [5.41, 5.74) is -1.56. The first-order chi connectivity index (χ1) is 18.3. The van der Waals surface area contributed by atoms with Gasteiger partial charge in [-0.25, -0.2) is 19.0 Å². The van der Waals surface area contributed by atoms with Gasteiger partial charge in [0.25, 0.3) is 5.56 Å². The van der Waals surface area contributed by atoms with Gasteiger partial charge in [0.2, 0.25) is 5.24 Å². The van der Waals surface area contributed by atoms with Crippen molar-refractivity contribution in [3.8, 4) is 11.4 Å². The molecular weight excluding hydrogens is 533 g/mol. The minimum atomic E-state index is -1.95. The van der Waals surface area contributed by atoms with Crippen molar-refractivity contribution in [3.05, 3.63) is 57.1 Å². The first-order valence-corrected chi connectivity index (χ1v) is 12.6. The minimum Gasteiger partial charge on any atom is -0.458 e. The van der Waals surface area contributed by atoms with Crippen LogP contribution in [0.5, 0.6) is 0 Å². The Hall–Kier alpha value is -3.83. The Kier molecular flexibility index (Phi) is 6.27.